The fourth-order valence-electron chi connectivity index (χ4n) is 2.57. The lowest BCUT2D eigenvalue weighted by Crippen LogP contribution is -2.03. The Labute approximate surface area is 137 Å². The van der Waals surface area contributed by atoms with E-state index in [2.05, 4.69) is 19.9 Å². The minimum Gasteiger partial charge on any atom is -0.449 e. The first-order valence-electron chi connectivity index (χ1n) is 7.27. The molecule has 0 aliphatic heterocycles. The van der Waals surface area contributed by atoms with Crippen molar-refractivity contribution in [1.29, 1.82) is 0 Å². The summed E-state index contributed by atoms with van der Waals surface area (Å²) in [6, 6.07) is 5.64. The molecule has 0 fully saturated rings. The number of benzene rings is 1. The Morgan fingerprint density at radius 2 is 2.22 bits per heavy atom. The van der Waals surface area contributed by atoms with Gasteiger partial charge in [-0.2, -0.15) is 0 Å². The maximum absolute atomic E-state index is 6.00. The van der Waals surface area contributed by atoms with Gasteiger partial charge in [-0.05, 0) is 18.2 Å². The van der Waals surface area contributed by atoms with Crippen molar-refractivity contribution < 1.29 is 4.42 Å². The lowest BCUT2D eigenvalue weighted by Gasteiger charge is -2.04. The van der Waals surface area contributed by atoms with Gasteiger partial charge in [-0.25, -0.2) is 15.0 Å². The zero-order valence-electron chi connectivity index (χ0n) is 12.5. The van der Waals surface area contributed by atoms with E-state index < -0.39 is 0 Å². The average Bonchev–Trinajstić information content (AvgIpc) is 3.22. The van der Waals surface area contributed by atoms with Crippen LogP contribution in [0.3, 0.4) is 0 Å². The number of oxazole rings is 1. The zero-order valence-corrected chi connectivity index (χ0v) is 13.2. The Kier molecular flexibility index (Phi) is 3.38. The highest BCUT2D eigenvalue weighted by Crippen LogP contribution is 2.19. The maximum Gasteiger partial charge on any atom is 0.191 e. The van der Waals surface area contributed by atoms with Crippen LogP contribution in [0.15, 0.2) is 41.3 Å². The van der Waals surface area contributed by atoms with Crippen LogP contribution >= 0.6 is 11.6 Å². The number of H-pyrrole nitrogens is 1. The highest BCUT2D eigenvalue weighted by molar-refractivity contribution is 6.31. The van der Waals surface area contributed by atoms with Crippen molar-refractivity contribution >= 4 is 22.6 Å². The van der Waals surface area contributed by atoms with E-state index in [9.17, 15) is 0 Å². The topological polar surface area (TPSA) is 72.5 Å². The number of rotatable bonds is 4. The smallest absolute Gasteiger partial charge is 0.191 e. The molecule has 7 heteroatoms. The summed E-state index contributed by atoms with van der Waals surface area (Å²) in [7, 11) is 0. The van der Waals surface area contributed by atoms with Crippen molar-refractivity contribution in [3.63, 3.8) is 0 Å². The van der Waals surface area contributed by atoms with Crippen LogP contribution in [0.5, 0.6) is 0 Å². The third kappa shape index (κ3) is 2.73. The number of imidazole rings is 2. The molecule has 1 aromatic carbocycles. The number of aromatic amines is 1. The second-order valence-corrected chi connectivity index (χ2v) is 5.73. The molecular weight excluding hydrogens is 314 g/mol. The van der Waals surface area contributed by atoms with Crippen LogP contribution in [0.25, 0.3) is 22.6 Å². The Morgan fingerprint density at radius 1 is 1.30 bits per heavy atom. The first-order chi connectivity index (χ1) is 11.2. The zero-order chi connectivity index (χ0) is 15.8. The predicted octanol–water partition coefficient (Wildman–Crippen LogP) is 3.62. The molecule has 3 aromatic heterocycles. The molecule has 0 bridgehead atoms. The van der Waals surface area contributed by atoms with E-state index in [-0.39, 0.29) is 0 Å². The summed E-state index contributed by atoms with van der Waals surface area (Å²) in [6.07, 6.45) is 6.07. The third-order valence-corrected chi connectivity index (χ3v) is 3.88. The lowest BCUT2D eigenvalue weighted by atomic mass is 10.3. The monoisotopic (exact) mass is 327 g/mol. The molecule has 0 radical (unpaired) electrons. The van der Waals surface area contributed by atoms with Crippen molar-refractivity contribution in [3.8, 4) is 11.5 Å². The summed E-state index contributed by atoms with van der Waals surface area (Å²) in [6.45, 7) is 2.56. The van der Waals surface area contributed by atoms with Gasteiger partial charge < -0.3 is 14.0 Å². The molecule has 0 saturated carbocycles. The Balaban J connectivity index is 1.56. The van der Waals surface area contributed by atoms with E-state index in [1.807, 2.05) is 35.9 Å². The van der Waals surface area contributed by atoms with Crippen LogP contribution < -0.4 is 0 Å². The van der Waals surface area contributed by atoms with Gasteiger partial charge in [-0.3, -0.25) is 0 Å². The lowest BCUT2D eigenvalue weighted by molar-refractivity contribution is 0.521. The van der Waals surface area contributed by atoms with Gasteiger partial charge in [0.05, 0.1) is 11.0 Å². The number of aryl methyl sites for hydroxylation is 3. The van der Waals surface area contributed by atoms with E-state index in [1.165, 1.54) is 0 Å². The molecule has 23 heavy (non-hydrogen) atoms. The van der Waals surface area contributed by atoms with Gasteiger partial charge >= 0.3 is 0 Å². The number of nitrogens with one attached hydrogen (secondary N) is 1. The van der Waals surface area contributed by atoms with Gasteiger partial charge in [0, 0.05) is 37.3 Å². The fraction of sp³-hybridized carbons (Fsp3) is 0.188. The molecule has 4 aromatic rings. The minimum atomic E-state index is 0.628. The molecule has 0 aliphatic rings. The molecule has 4 rings (SSSR count). The van der Waals surface area contributed by atoms with Gasteiger partial charge in [0.15, 0.2) is 11.7 Å². The molecule has 1 N–H and O–H groups in total. The number of halogens is 1. The Morgan fingerprint density at radius 3 is 3.04 bits per heavy atom. The summed E-state index contributed by atoms with van der Waals surface area (Å²) in [5.41, 5.74) is 2.61. The van der Waals surface area contributed by atoms with Crippen LogP contribution in [0, 0.1) is 6.92 Å². The summed E-state index contributed by atoms with van der Waals surface area (Å²) < 4.78 is 7.30. The van der Waals surface area contributed by atoms with Crippen molar-refractivity contribution in [2.45, 2.75) is 19.9 Å². The number of hydrogen-bond acceptors (Lipinski definition) is 4. The molecule has 0 unspecified atom stereocenters. The molecule has 0 spiro atoms. The molecular formula is C16H14ClN5O. The van der Waals surface area contributed by atoms with E-state index in [4.69, 9.17) is 16.0 Å². The number of fused-ring (bicyclic) bond motifs is 1. The highest BCUT2D eigenvalue weighted by Gasteiger charge is 2.11. The molecule has 6 nitrogen and oxygen atoms in total. The van der Waals surface area contributed by atoms with Crippen molar-refractivity contribution in [3.05, 3.63) is 53.6 Å². The molecule has 3 heterocycles. The fourth-order valence-corrected chi connectivity index (χ4v) is 2.74. The maximum atomic E-state index is 6.00. The standard InChI is InChI=1S/C16H14ClN5O/c1-10-19-14(9-23-10)16-18-5-7-22(16)6-4-15-20-12-3-2-11(17)8-13(12)21-15/h2-3,5,7-9H,4,6H2,1H3,(H,20,21). The Hall–Kier alpha value is -2.60. The minimum absolute atomic E-state index is 0.628. The number of aromatic nitrogens is 5. The third-order valence-electron chi connectivity index (χ3n) is 3.65. The second kappa shape index (κ2) is 5.55. The molecule has 0 saturated heterocycles. The first kappa shape index (κ1) is 14.0. The van der Waals surface area contributed by atoms with Gasteiger partial charge in [0.2, 0.25) is 0 Å². The molecule has 116 valence electrons. The molecule has 0 atom stereocenters. The molecule has 0 aliphatic carbocycles. The molecule has 0 amide bonds. The van der Waals surface area contributed by atoms with E-state index in [0.29, 0.717) is 10.9 Å². The van der Waals surface area contributed by atoms with Crippen LogP contribution in [-0.4, -0.2) is 24.5 Å². The predicted molar refractivity (Wildman–Crippen MR) is 87.3 cm³/mol. The van der Waals surface area contributed by atoms with Gasteiger partial charge in [0.1, 0.15) is 17.8 Å². The number of nitrogens with zero attached hydrogens (tertiary/aromatic N) is 4. The van der Waals surface area contributed by atoms with Crippen LogP contribution in [0.1, 0.15) is 11.7 Å². The number of hydrogen-bond donors (Lipinski definition) is 1. The summed E-state index contributed by atoms with van der Waals surface area (Å²) in [5.74, 6) is 2.34. The first-order valence-corrected chi connectivity index (χ1v) is 7.64. The van der Waals surface area contributed by atoms with Crippen molar-refractivity contribution in [2.24, 2.45) is 0 Å². The van der Waals surface area contributed by atoms with E-state index in [1.54, 1.807) is 12.5 Å². The van der Waals surface area contributed by atoms with Gasteiger partial charge in [0.25, 0.3) is 0 Å². The summed E-state index contributed by atoms with van der Waals surface area (Å²) in [5, 5.41) is 0.700. The largest absolute Gasteiger partial charge is 0.449 e. The van der Waals surface area contributed by atoms with Gasteiger partial charge in [-0.15, -0.1) is 0 Å². The van der Waals surface area contributed by atoms with Crippen LogP contribution in [0.2, 0.25) is 5.02 Å². The van der Waals surface area contributed by atoms with Gasteiger partial charge in [-0.1, -0.05) is 11.6 Å². The van der Waals surface area contributed by atoms with Crippen molar-refractivity contribution in [2.75, 3.05) is 0 Å². The van der Waals surface area contributed by atoms with E-state index in [0.717, 1.165) is 41.3 Å². The Bertz CT molecular complexity index is 968. The average molecular weight is 328 g/mol. The van der Waals surface area contributed by atoms with Crippen LogP contribution in [-0.2, 0) is 13.0 Å². The van der Waals surface area contributed by atoms with Crippen LogP contribution in [0.4, 0.5) is 0 Å². The highest BCUT2D eigenvalue weighted by atomic mass is 35.5. The van der Waals surface area contributed by atoms with Crippen molar-refractivity contribution in [1.82, 2.24) is 24.5 Å². The van der Waals surface area contributed by atoms with E-state index >= 15 is 0 Å². The quantitative estimate of drug-likeness (QED) is 0.621. The summed E-state index contributed by atoms with van der Waals surface area (Å²) >= 11 is 6.00. The second-order valence-electron chi connectivity index (χ2n) is 5.29. The summed E-state index contributed by atoms with van der Waals surface area (Å²) in [4.78, 5) is 16.6. The SMILES string of the molecule is Cc1nc(-c2nccn2CCc2nc3ccc(Cl)cc3[nH]2)co1. The normalized spacial score (nSPS) is 11.4.